The van der Waals surface area contributed by atoms with Gasteiger partial charge in [-0.2, -0.15) is 0 Å². The molecular formula is C9H13NO4. The van der Waals surface area contributed by atoms with Gasteiger partial charge in [-0.3, -0.25) is 9.59 Å². The molecule has 1 rings (SSSR count). The van der Waals surface area contributed by atoms with Gasteiger partial charge in [0.2, 0.25) is 0 Å². The van der Waals surface area contributed by atoms with Crippen molar-refractivity contribution >= 4 is 11.8 Å². The summed E-state index contributed by atoms with van der Waals surface area (Å²) in [6.45, 7) is 1.42. The maximum atomic E-state index is 10.9. The molecule has 0 aliphatic heterocycles. The molecule has 0 aromatic carbocycles. The molecule has 5 nitrogen and oxygen atoms in total. The maximum Gasteiger partial charge on any atom is 0.313 e. The minimum Gasteiger partial charge on any atom is -0.466 e. The van der Waals surface area contributed by atoms with Crippen LogP contribution in [0.4, 0.5) is 0 Å². The highest BCUT2D eigenvalue weighted by Gasteiger charge is 2.06. The Hall–Kier alpha value is -1.62. The summed E-state index contributed by atoms with van der Waals surface area (Å²) in [6, 6.07) is 3.40. The summed E-state index contributed by atoms with van der Waals surface area (Å²) >= 11 is 0. The van der Waals surface area contributed by atoms with E-state index in [0.717, 1.165) is 0 Å². The minimum absolute atomic E-state index is 0. The Kier molecular flexibility index (Phi) is 5.24. The molecule has 0 bridgehead atoms. The van der Waals surface area contributed by atoms with Gasteiger partial charge in [0.25, 0.3) is 0 Å². The topological polar surface area (TPSA) is 91.5 Å². The number of carbonyl (C=O) groups is 2. The van der Waals surface area contributed by atoms with E-state index in [1.54, 1.807) is 12.1 Å². The molecule has 3 N–H and O–H groups in total. The molecule has 1 aromatic heterocycles. The Bertz CT molecular complexity index is 292. The van der Waals surface area contributed by atoms with Gasteiger partial charge in [0.05, 0.1) is 6.26 Å². The first-order chi connectivity index (χ1) is 6.18. The number of hydrogen-bond acceptors (Lipinski definition) is 5. The van der Waals surface area contributed by atoms with Crippen LogP contribution < -0.4 is 6.15 Å². The highest BCUT2D eigenvalue weighted by atomic mass is 16.5. The molecule has 1 heterocycles. The van der Waals surface area contributed by atoms with Gasteiger partial charge >= 0.3 is 5.97 Å². The van der Waals surface area contributed by atoms with Crippen molar-refractivity contribution in [3.05, 3.63) is 24.2 Å². The lowest BCUT2D eigenvalue weighted by Gasteiger charge is -1.99. The zero-order valence-corrected chi connectivity index (χ0v) is 7.99. The SMILES string of the molecule is CC(=O)CC(=O)OCc1ccco1.N. The van der Waals surface area contributed by atoms with Gasteiger partial charge in [0.1, 0.15) is 24.6 Å². The lowest BCUT2D eigenvalue weighted by molar-refractivity contribution is -0.147. The molecular weight excluding hydrogens is 186 g/mol. The van der Waals surface area contributed by atoms with E-state index in [4.69, 9.17) is 9.15 Å². The van der Waals surface area contributed by atoms with Crippen LogP contribution in [0.1, 0.15) is 19.1 Å². The van der Waals surface area contributed by atoms with Crippen molar-refractivity contribution in [2.24, 2.45) is 0 Å². The average molecular weight is 199 g/mol. The standard InChI is InChI=1S/C9H10O4.H3N/c1-7(10)5-9(11)13-6-8-3-2-4-12-8;/h2-4H,5-6H2,1H3;1H3. The Morgan fingerprint density at radius 2 is 2.21 bits per heavy atom. The van der Waals surface area contributed by atoms with Crippen LogP contribution in [0.25, 0.3) is 0 Å². The van der Waals surface area contributed by atoms with E-state index in [0.29, 0.717) is 5.76 Å². The minimum atomic E-state index is -0.524. The van der Waals surface area contributed by atoms with Crippen LogP contribution in [-0.4, -0.2) is 11.8 Å². The molecule has 0 amide bonds. The molecule has 0 unspecified atom stereocenters. The van der Waals surface area contributed by atoms with Crippen molar-refractivity contribution in [2.75, 3.05) is 0 Å². The predicted octanol–water partition coefficient (Wildman–Crippen LogP) is 1.46. The summed E-state index contributed by atoms with van der Waals surface area (Å²) in [4.78, 5) is 21.4. The number of esters is 1. The largest absolute Gasteiger partial charge is 0.466 e. The molecule has 0 saturated carbocycles. The molecule has 0 radical (unpaired) electrons. The van der Waals surface area contributed by atoms with Crippen LogP contribution in [0.15, 0.2) is 22.8 Å². The summed E-state index contributed by atoms with van der Waals surface area (Å²) < 4.78 is 9.67. The van der Waals surface area contributed by atoms with Crippen LogP contribution in [0.5, 0.6) is 0 Å². The van der Waals surface area contributed by atoms with Crippen LogP contribution in [0, 0.1) is 0 Å². The third-order valence-corrected chi connectivity index (χ3v) is 1.35. The van der Waals surface area contributed by atoms with Crippen molar-refractivity contribution < 1.29 is 18.7 Å². The molecule has 0 aliphatic rings. The van der Waals surface area contributed by atoms with Crippen molar-refractivity contribution in [1.29, 1.82) is 0 Å². The molecule has 0 aliphatic carbocycles. The molecule has 0 saturated heterocycles. The Morgan fingerprint density at radius 3 is 2.71 bits per heavy atom. The highest BCUT2D eigenvalue weighted by Crippen LogP contribution is 2.02. The Morgan fingerprint density at radius 1 is 1.50 bits per heavy atom. The second kappa shape index (κ2) is 5.93. The number of ether oxygens (including phenoxy) is 1. The lowest BCUT2D eigenvalue weighted by atomic mass is 10.3. The van der Waals surface area contributed by atoms with Crippen molar-refractivity contribution in [3.8, 4) is 0 Å². The fraction of sp³-hybridized carbons (Fsp3) is 0.333. The summed E-state index contributed by atoms with van der Waals surface area (Å²) in [6.07, 6.45) is 1.31. The van der Waals surface area contributed by atoms with Gasteiger partial charge in [0.15, 0.2) is 0 Å². The van der Waals surface area contributed by atoms with E-state index >= 15 is 0 Å². The Labute approximate surface area is 81.6 Å². The lowest BCUT2D eigenvalue weighted by Crippen LogP contribution is -2.08. The van der Waals surface area contributed by atoms with Crippen molar-refractivity contribution in [1.82, 2.24) is 6.15 Å². The average Bonchev–Trinajstić information content (AvgIpc) is 2.51. The number of hydrogen-bond donors (Lipinski definition) is 1. The number of carbonyl (C=O) groups excluding carboxylic acids is 2. The first kappa shape index (κ1) is 12.4. The zero-order chi connectivity index (χ0) is 9.68. The molecule has 1 aromatic rings. The third kappa shape index (κ3) is 4.42. The maximum absolute atomic E-state index is 10.9. The Balaban J connectivity index is 0.00000169. The van der Waals surface area contributed by atoms with E-state index in [1.165, 1.54) is 13.2 Å². The van der Waals surface area contributed by atoms with E-state index in [-0.39, 0.29) is 25.0 Å². The van der Waals surface area contributed by atoms with Gasteiger partial charge < -0.3 is 15.3 Å². The first-order valence-corrected chi connectivity index (χ1v) is 3.86. The first-order valence-electron chi connectivity index (χ1n) is 3.86. The van der Waals surface area contributed by atoms with Gasteiger partial charge in [-0.05, 0) is 19.1 Å². The fourth-order valence-electron chi connectivity index (χ4n) is 0.801. The van der Waals surface area contributed by atoms with E-state index in [9.17, 15) is 9.59 Å². The third-order valence-electron chi connectivity index (χ3n) is 1.35. The quantitative estimate of drug-likeness (QED) is 0.585. The van der Waals surface area contributed by atoms with E-state index in [2.05, 4.69) is 0 Å². The molecule has 78 valence electrons. The van der Waals surface area contributed by atoms with Gasteiger partial charge in [0, 0.05) is 0 Å². The second-order valence-electron chi connectivity index (χ2n) is 2.62. The summed E-state index contributed by atoms with van der Waals surface area (Å²) in [5, 5.41) is 0. The van der Waals surface area contributed by atoms with Gasteiger partial charge in [-0.25, -0.2) is 0 Å². The molecule has 0 fully saturated rings. The smallest absolute Gasteiger partial charge is 0.313 e. The van der Waals surface area contributed by atoms with E-state index in [1.807, 2.05) is 0 Å². The number of Topliss-reactive ketones (excluding diaryl/α,β-unsaturated/α-hetero) is 1. The zero-order valence-electron chi connectivity index (χ0n) is 7.99. The van der Waals surface area contributed by atoms with Crippen LogP contribution in [-0.2, 0) is 20.9 Å². The second-order valence-corrected chi connectivity index (χ2v) is 2.62. The molecule has 0 spiro atoms. The number of rotatable bonds is 4. The highest BCUT2D eigenvalue weighted by molar-refractivity contribution is 5.94. The van der Waals surface area contributed by atoms with Gasteiger partial charge in [-0.1, -0.05) is 0 Å². The summed E-state index contributed by atoms with van der Waals surface area (Å²) in [5.41, 5.74) is 0. The molecule has 0 atom stereocenters. The predicted molar refractivity (Wildman–Crippen MR) is 48.8 cm³/mol. The van der Waals surface area contributed by atoms with Crippen molar-refractivity contribution in [3.63, 3.8) is 0 Å². The van der Waals surface area contributed by atoms with Crippen LogP contribution in [0.2, 0.25) is 0 Å². The molecule has 14 heavy (non-hydrogen) atoms. The van der Waals surface area contributed by atoms with Crippen molar-refractivity contribution in [2.45, 2.75) is 20.0 Å². The number of furan rings is 1. The summed E-state index contributed by atoms with van der Waals surface area (Å²) in [7, 11) is 0. The van der Waals surface area contributed by atoms with Gasteiger partial charge in [-0.15, -0.1) is 0 Å². The normalized spacial score (nSPS) is 8.93. The van der Waals surface area contributed by atoms with Crippen LogP contribution >= 0.6 is 0 Å². The monoisotopic (exact) mass is 199 g/mol. The molecule has 5 heteroatoms. The van der Waals surface area contributed by atoms with Crippen LogP contribution in [0.3, 0.4) is 0 Å². The summed E-state index contributed by atoms with van der Waals surface area (Å²) in [5.74, 6) is -0.162. The number of ketones is 1. The van der Waals surface area contributed by atoms with E-state index < -0.39 is 5.97 Å². The fourth-order valence-corrected chi connectivity index (χ4v) is 0.801.